The Morgan fingerprint density at radius 1 is 1.18 bits per heavy atom. The van der Waals surface area contributed by atoms with E-state index in [0.29, 0.717) is 30.6 Å². The minimum Gasteiger partial charge on any atom is -0.355 e. The molecule has 1 atom stereocenters. The van der Waals surface area contributed by atoms with Crippen molar-refractivity contribution in [2.75, 3.05) is 31.1 Å². The number of nitrogens with zero attached hydrogens (tertiary/aromatic N) is 5. The minimum absolute atomic E-state index is 0.0400. The van der Waals surface area contributed by atoms with Crippen molar-refractivity contribution >= 4 is 11.7 Å². The number of anilines is 1. The van der Waals surface area contributed by atoms with Crippen molar-refractivity contribution in [3.05, 3.63) is 24.2 Å². The largest absolute Gasteiger partial charge is 0.355 e. The Labute approximate surface area is 166 Å². The lowest BCUT2D eigenvalue weighted by molar-refractivity contribution is -0.135. The van der Waals surface area contributed by atoms with E-state index in [2.05, 4.69) is 24.9 Å². The van der Waals surface area contributed by atoms with E-state index in [4.69, 9.17) is 4.52 Å². The number of aromatic nitrogens is 3. The standard InChI is InChI=1S/C21H29N5O2/c1-2-18-23-19(24-28-18)17-10-7-11-22-20(17)26-14-8-9-16(15-26)21(27)25-12-5-3-4-6-13-25/h7,10-11,16H,2-6,8-9,12-15H2,1H3/t16-/m1/s1. The molecule has 7 heteroatoms. The molecular formula is C21H29N5O2. The van der Waals surface area contributed by atoms with Crippen molar-refractivity contribution < 1.29 is 9.32 Å². The van der Waals surface area contributed by atoms with Gasteiger partial charge in [-0.1, -0.05) is 24.9 Å². The summed E-state index contributed by atoms with van der Waals surface area (Å²) >= 11 is 0. The molecule has 2 saturated heterocycles. The van der Waals surface area contributed by atoms with E-state index in [1.54, 1.807) is 6.20 Å². The molecule has 28 heavy (non-hydrogen) atoms. The first-order valence-corrected chi connectivity index (χ1v) is 10.6. The highest BCUT2D eigenvalue weighted by Crippen LogP contribution is 2.31. The Kier molecular flexibility index (Phi) is 5.88. The molecule has 0 spiro atoms. The van der Waals surface area contributed by atoms with Crippen molar-refractivity contribution in [2.24, 2.45) is 5.92 Å². The molecule has 0 N–H and O–H groups in total. The van der Waals surface area contributed by atoms with E-state index in [1.807, 2.05) is 19.1 Å². The summed E-state index contributed by atoms with van der Waals surface area (Å²) < 4.78 is 5.29. The average Bonchev–Trinajstić information content (AvgIpc) is 3.07. The summed E-state index contributed by atoms with van der Waals surface area (Å²) in [5.74, 6) is 2.40. The van der Waals surface area contributed by atoms with Crippen LogP contribution in [0.5, 0.6) is 0 Å². The van der Waals surface area contributed by atoms with E-state index in [9.17, 15) is 4.79 Å². The van der Waals surface area contributed by atoms with Crippen molar-refractivity contribution in [1.29, 1.82) is 0 Å². The molecule has 2 aromatic rings. The van der Waals surface area contributed by atoms with Crippen LogP contribution in [-0.2, 0) is 11.2 Å². The molecule has 0 aromatic carbocycles. The summed E-state index contributed by atoms with van der Waals surface area (Å²) in [4.78, 5) is 26.5. The molecule has 0 radical (unpaired) electrons. The van der Waals surface area contributed by atoms with Gasteiger partial charge in [0.25, 0.3) is 0 Å². The van der Waals surface area contributed by atoms with E-state index < -0.39 is 0 Å². The van der Waals surface area contributed by atoms with Gasteiger partial charge >= 0.3 is 0 Å². The van der Waals surface area contributed by atoms with Gasteiger partial charge in [0.15, 0.2) is 0 Å². The number of pyridine rings is 1. The number of rotatable bonds is 4. The summed E-state index contributed by atoms with van der Waals surface area (Å²) in [7, 11) is 0. The maximum absolute atomic E-state index is 13.1. The van der Waals surface area contributed by atoms with Crippen molar-refractivity contribution in [3.8, 4) is 11.4 Å². The van der Waals surface area contributed by atoms with Gasteiger partial charge in [-0.3, -0.25) is 4.79 Å². The quantitative estimate of drug-likeness (QED) is 0.806. The molecular weight excluding hydrogens is 354 g/mol. The minimum atomic E-state index is 0.0400. The van der Waals surface area contributed by atoms with Crippen LogP contribution in [0.4, 0.5) is 5.82 Å². The summed E-state index contributed by atoms with van der Waals surface area (Å²) in [5, 5.41) is 4.12. The lowest BCUT2D eigenvalue weighted by Gasteiger charge is -2.36. The molecule has 7 nitrogen and oxygen atoms in total. The van der Waals surface area contributed by atoms with Gasteiger partial charge < -0.3 is 14.3 Å². The SMILES string of the molecule is CCc1nc(-c2cccnc2N2CCC[C@@H](C(=O)N3CCCCCC3)C2)no1. The second kappa shape index (κ2) is 8.71. The second-order valence-electron chi connectivity index (χ2n) is 7.76. The topological polar surface area (TPSA) is 75.4 Å². The third kappa shape index (κ3) is 4.03. The van der Waals surface area contributed by atoms with Crippen LogP contribution >= 0.6 is 0 Å². The average molecular weight is 383 g/mol. The second-order valence-corrected chi connectivity index (χ2v) is 7.76. The van der Waals surface area contributed by atoms with Crippen LogP contribution in [0.25, 0.3) is 11.4 Å². The fourth-order valence-corrected chi connectivity index (χ4v) is 4.25. The van der Waals surface area contributed by atoms with Crippen LogP contribution in [-0.4, -0.2) is 52.1 Å². The Hall–Kier alpha value is -2.44. The highest BCUT2D eigenvalue weighted by Gasteiger charge is 2.31. The van der Waals surface area contributed by atoms with Gasteiger partial charge in [-0.2, -0.15) is 4.98 Å². The van der Waals surface area contributed by atoms with Crippen LogP contribution < -0.4 is 4.90 Å². The van der Waals surface area contributed by atoms with E-state index in [0.717, 1.165) is 56.7 Å². The number of likely N-dealkylation sites (tertiary alicyclic amines) is 1. The Balaban J connectivity index is 1.52. The molecule has 0 aliphatic carbocycles. The molecule has 150 valence electrons. The van der Waals surface area contributed by atoms with Crippen LogP contribution in [0.1, 0.15) is 51.3 Å². The molecule has 4 heterocycles. The van der Waals surface area contributed by atoms with Gasteiger partial charge in [-0.15, -0.1) is 0 Å². The third-order valence-electron chi connectivity index (χ3n) is 5.79. The number of aryl methyl sites for hydroxylation is 1. The fraction of sp³-hybridized carbons (Fsp3) is 0.619. The van der Waals surface area contributed by atoms with Crippen LogP contribution in [0.3, 0.4) is 0 Å². The molecule has 1 amide bonds. The van der Waals surface area contributed by atoms with Gasteiger partial charge in [-0.25, -0.2) is 4.98 Å². The number of carbonyl (C=O) groups excluding carboxylic acids is 1. The zero-order valence-corrected chi connectivity index (χ0v) is 16.6. The zero-order chi connectivity index (χ0) is 19.3. The Bertz CT molecular complexity index is 798. The number of carbonyl (C=O) groups is 1. The Morgan fingerprint density at radius 3 is 2.75 bits per heavy atom. The highest BCUT2D eigenvalue weighted by molar-refractivity contribution is 5.80. The summed E-state index contributed by atoms with van der Waals surface area (Å²) in [6.45, 7) is 5.41. The Morgan fingerprint density at radius 2 is 2.00 bits per heavy atom. The van der Waals surface area contributed by atoms with Crippen molar-refractivity contribution in [3.63, 3.8) is 0 Å². The highest BCUT2D eigenvalue weighted by atomic mass is 16.5. The van der Waals surface area contributed by atoms with Crippen LogP contribution in [0.15, 0.2) is 22.9 Å². The van der Waals surface area contributed by atoms with Gasteiger partial charge in [-0.05, 0) is 37.8 Å². The molecule has 0 bridgehead atoms. The van der Waals surface area contributed by atoms with Crippen LogP contribution in [0, 0.1) is 5.92 Å². The zero-order valence-electron chi connectivity index (χ0n) is 16.6. The number of hydrogen-bond acceptors (Lipinski definition) is 6. The predicted molar refractivity (Wildman–Crippen MR) is 107 cm³/mol. The maximum Gasteiger partial charge on any atom is 0.227 e. The number of amides is 1. The molecule has 0 saturated carbocycles. The number of piperidine rings is 1. The summed E-state index contributed by atoms with van der Waals surface area (Å²) in [6, 6.07) is 3.87. The van der Waals surface area contributed by atoms with Gasteiger partial charge in [0, 0.05) is 38.8 Å². The molecule has 2 aliphatic heterocycles. The molecule has 0 unspecified atom stereocenters. The van der Waals surface area contributed by atoms with Crippen molar-refractivity contribution in [2.45, 2.75) is 51.9 Å². The van der Waals surface area contributed by atoms with E-state index >= 15 is 0 Å². The van der Waals surface area contributed by atoms with Gasteiger partial charge in [0.05, 0.1) is 11.5 Å². The first-order chi connectivity index (χ1) is 13.8. The lowest BCUT2D eigenvalue weighted by atomic mass is 9.96. The normalized spacial score (nSPS) is 20.8. The summed E-state index contributed by atoms with van der Waals surface area (Å²) in [5.41, 5.74) is 0.869. The van der Waals surface area contributed by atoms with Crippen molar-refractivity contribution in [1.82, 2.24) is 20.0 Å². The molecule has 4 rings (SSSR count). The monoisotopic (exact) mass is 383 g/mol. The predicted octanol–water partition coefficient (Wildman–Crippen LogP) is 3.31. The van der Waals surface area contributed by atoms with E-state index in [1.165, 1.54) is 12.8 Å². The van der Waals surface area contributed by atoms with E-state index in [-0.39, 0.29) is 5.92 Å². The lowest BCUT2D eigenvalue weighted by Crippen LogP contribution is -2.45. The number of hydrogen-bond donors (Lipinski definition) is 0. The fourth-order valence-electron chi connectivity index (χ4n) is 4.25. The molecule has 2 aliphatic rings. The van der Waals surface area contributed by atoms with Crippen LogP contribution in [0.2, 0.25) is 0 Å². The summed E-state index contributed by atoms with van der Waals surface area (Å²) in [6.07, 6.45) is 9.18. The first kappa shape index (κ1) is 18.9. The molecule has 2 fully saturated rings. The van der Waals surface area contributed by atoms with Gasteiger partial charge in [0.2, 0.25) is 17.6 Å². The first-order valence-electron chi connectivity index (χ1n) is 10.6. The maximum atomic E-state index is 13.1. The molecule has 2 aromatic heterocycles. The van der Waals surface area contributed by atoms with Gasteiger partial charge in [0.1, 0.15) is 5.82 Å². The smallest absolute Gasteiger partial charge is 0.227 e. The third-order valence-corrected chi connectivity index (χ3v) is 5.79.